The molecule has 3 fully saturated rings. The number of nitriles is 1. The number of aliphatic hydroxyl groups excluding tert-OH is 1. The van der Waals surface area contributed by atoms with Crippen molar-refractivity contribution in [3.8, 4) is 11.8 Å². The van der Waals surface area contributed by atoms with E-state index in [0.29, 0.717) is 67.4 Å². The molecule has 4 heterocycles. The van der Waals surface area contributed by atoms with Crippen molar-refractivity contribution in [3.63, 3.8) is 0 Å². The summed E-state index contributed by atoms with van der Waals surface area (Å²) in [6.07, 6.45) is 1.23. The molecule has 4 aliphatic rings. The maximum atomic E-state index is 15.1. The van der Waals surface area contributed by atoms with Gasteiger partial charge in [-0.1, -0.05) is 38.3 Å². The number of hydrogen-bond acceptors (Lipinski definition) is 9. The Morgan fingerprint density at radius 1 is 1.05 bits per heavy atom. The number of aromatic nitrogens is 1. The molecule has 0 bridgehead atoms. The van der Waals surface area contributed by atoms with Gasteiger partial charge in [0.1, 0.15) is 16.4 Å². The lowest BCUT2D eigenvalue weighted by Crippen LogP contribution is -2.68. The zero-order chi connectivity index (χ0) is 42.6. The molecule has 59 heavy (non-hydrogen) atoms. The number of pyridine rings is 1. The Labute approximate surface area is 343 Å². The van der Waals surface area contributed by atoms with Gasteiger partial charge in [-0.2, -0.15) is 31.6 Å². The number of piperidine rings is 2. The number of rotatable bonds is 13. The highest BCUT2D eigenvalue weighted by Gasteiger charge is 2.57. The molecule has 0 aromatic carbocycles. The first-order valence-corrected chi connectivity index (χ1v) is 21.1. The van der Waals surface area contributed by atoms with E-state index in [1.54, 1.807) is 6.92 Å². The molecule has 17 heteroatoms. The SMILES string of the molecule is CCCC1N(C(=O)c2cnccc2C(F)(F)F)CCCC1(Oc1csc(C(F)(F)F)c1)C(=O)N1CCC(C#N)(C2=C(OCCCC3(C(O)O)CCCC3)CCC=C2)CC1. The van der Waals surface area contributed by atoms with E-state index in [1.165, 1.54) is 9.80 Å². The number of alkyl halides is 6. The second-order valence-corrected chi connectivity index (χ2v) is 17.0. The Balaban J connectivity index is 1.28. The smallest absolute Gasteiger partial charge is 0.425 e. The number of likely N-dealkylation sites (tertiary alicyclic amines) is 2. The molecule has 2 aliphatic carbocycles. The summed E-state index contributed by atoms with van der Waals surface area (Å²) in [5, 5.41) is 32.0. The Bertz CT molecular complexity index is 1930. The van der Waals surface area contributed by atoms with Crippen LogP contribution in [0.5, 0.6) is 5.75 Å². The Hall–Kier alpha value is -4.14. The molecule has 10 nitrogen and oxygen atoms in total. The van der Waals surface area contributed by atoms with E-state index in [0.717, 1.165) is 49.5 Å². The fraction of sp³-hybridized carbons (Fsp3) is 0.619. The highest BCUT2D eigenvalue weighted by Crippen LogP contribution is 2.47. The highest BCUT2D eigenvalue weighted by molar-refractivity contribution is 7.10. The van der Waals surface area contributed by atoms with E-state index in [4.69, 9.17) is 9.47 Å². The second-order valence-electron chi connectivity index (χ2n) is 16.1. The van der Waals surface area contributed by atoms with Crippen LogP contribution in [0.2, 0.25) is 0 Å². The van der Waals surface area contributed by atoms with Gasteiger partial charge in [0, 0.05) is 67.3 Å². The van der Waals surface area contributed by atoms with Crippen molar-refractivity contribution in [1.82, 2.24) is 14.8 Å². The second kappa shape index (κ2) is 17.8. The number of allylic oxidation sites excluding steroid dienone is 4. The van der Waals surface area contributed by atoms with Gasteiger partial charge in [0.05, 0.1) is 35.3 Å². The third-order valence-electron chi connectivity index (χ3n) is 12.6. The van der Waals surface area contributed by atoms with Crippen LogP contribution in [0.1, 0.15) is 118 Å². The molecule has 2 atom stereocenters. The van der Waals surface area contributed by atoms with E-state index in [1.807, 2.05) is 12.2 Å². The van der Waals surface area contributed by atoms with Gasteiger partial charge in [-0.3, -0.25) is 14.6 Å². The molecule has 2 aromatic heterocycles. The van der Waals surface area contributed by atoms with Crippen LogP contribution in [-0.4, -0.2) is 81.0 Å². The summed E-state index contributed by atoms with van der Waals surface area (Å²) in [5.74, 6) is -1.24. The van der Waals surface area contributed by atoms with Gasteiger partial charge in [-0.15, -0.1) is 11.3 Å². The molecule has 2 aromatic rings. The average Bonchev–Trinajstić information content (AvgIpc) is 3.91. The summed E-state index contributed by atoms with van der Waals surface area (Å²) in [7, 11) is 0. The quantitative estimate of drug-likeness (QED) is 0.116. The lowest BCUT2D eigenvalue weighted by molar-refractivity contribution is -0.161. The van der Waals surface area contributed by atoms with Gasteiger partial charge in [-0.25, -0.2) is 0 Å². The van der Waals surface area contributed by atoms with Crippen LogP contribution in [0.25, 0.3) is 0 Å². The van der Waals surface area contributed by atoms with Crippen LogP contribution < -0.4 is 4.74 Å². The number of nitrogens with zero attached hydrogens (tertiary/aromatic N) is 4. The van der Waals surface area contributed by atoms with E-state index in [9.17, 15) is 46.6 Å². The third kappa shape index (κ3) is 9.14. The minimum atomic E-state index is -4.89. The minimum absolute atomic E-state index is 0.0307. The first kappa shape index (κ1) is 44.4. The number of amides is 2. The summed E-state index contributed by atoms with van der Waals surface area (Å²) < 4.78 is 96.4. The topological polar surface area (TPSA) is 136 Å². The maximum absolute atomic E-state index is 15.1. The zero-order valence-corrected chi connectivity index (χ0v) is 33.7. The highest BCUT2D eigenvalue weighted by atomic mass is 32.1. The summed E-state index contributed by atoms with van der Waals surface area (Å²) in [5.41, 5.74) is -4.79. The molecule has 2 aliphatic heterocycles. The van der Waals surface area contributed by atoms with Crippen LogP contribution in [0.4, 0.5) is 26.3 Å². The van der Waals surface area contributed by atoms with Crippen molar-refractivity contribution in [2.24, 2.45) is 10.8 Å². The van der Waals surface area contributed by atoms with Crippen LogP contribution >= 0.6 is 11.3 Å². The molecular weight excluding hydrogens is 803 g/mol. The normalized spacial score (nSPS) is 23.4. The predicted molar refractivity (Wildman–Crippen MR) is 204 cm³/mol. The molecule has 2 unspecified atom stereocenters. The Morgan fingerprint density at radius 3 is 2.41 bits per heavy atom. The van der Waals surface area contributed by atoms with Gasteiger partial charge >= 0.3 is 12.4 Å². The van der Waals surface area contributed by atoms with Crippen molar-refractivity contribution in [1.29, 1.82) is 5.26 Å². The monoisotopic (exact) mass is 852 g/mol. The molecule has 2 amide bonds. The lowest BCUT2D eigenvalue weighted by Gasteiger charge is -2.51. The summed E-state index contributed by atoms with van der Waals surface area (Å²) in [4.78, 5) is 34.7. The number of hydrogen-bond donors (Lipinski definition) is 2. The van der Waals surface area contributed by atoms with Crippen LogP contribution in [0.3, 0.4) is 0 Å². The molecule has 0 spiro atoms. The number of carbonyl (C=O) groups excluding carboxylic acids is 2. The molecule has 6 rings (SSSR count). The molecule has 0 radical (unpaired) electrons. The maximum Gasteiger partial charge on any atom is 0.425 e. The van der Waals surface area contributed by atoms with Crippen molar-refractivity contribution < 1.29 is 55.6 Å². The number of halogens is 6. The predicted octanol–water partition coefficient (Wildman–Crippen LogP) is 8.81. The first-order valence-electron chi connectivity index (χ1n) is 20.3. The van der Waals surface area contributed by atoms with E-state index < -0.39 is 68.9 Å². The van der Waals surface area contributed by atoms with E-state index in [2.05, 4.69) is 11.1 Å². The molecule has 2 saturated heterocycles. The lowest BCUT2D eigenvalue weighted by atomic mass is 9.71. The summed E-state index contributed by atoms with van der Waals surface area (Å²) in [6, 6.07) is 2.80. The van der Waals surface area contributed by atoms with Crippen LogP contribution in [0, 0.1) is 22.2 Å². The van der Waals surface area contributed by atoms with Crippen LogP contribution in [0.15, 0.2) is 53.4 Å². The van der Waals surface area contributed by atoms with Gasteiger partial charge in [0.25, 0.3) is 11.8 Å². The third-order valence-corrected chi connectivity index (χ3v) is 13.5. The van der Waals surface area contributed by atoms with Gasteiger partial charge < -0.3 is 29.5 Å². The van der Waals surface area contributed by atoms with E-state index >= 15 is 4.79 Å². The van der Waals surface area contributed by atoms with Crippen molar-refractivity contribution in [2.75, 3.05) is 26.2 Å². The summed E-state index contributed by atoms with van der Waals surface area (Å²) in [6.45, 7) is 2.14. The standard InChI is InChI=1S/C42H50F6N4O6S/c1-2-9-33-40(58-28-24-34(59-26-28)42(46,47)48,16-7-20-52(33)35(53)29-25-50-19-12-30(29)41(43,44)45)36(54)51-21-17-39(27-49,18-22-51)31-10-3-4-11-32(31)57-23-8-15-38(37(55)56)13-5-6-14-38/h3,10,12,19,24-26,33,37,55-56H,2,4-9,11,13-18,20-23H2,1H3. The average molecular weight is 853 g/mol. The van der Waals surface area contributed by atoms with Crippen LogP contribution in [-0.2, 0) is 21.9 Å². The fourth-order valence-electron chi connectivity index (χ4n) is 9.46. The fourth-order valence-corrected chi connectivity index (χ4v) is 10.1. The number of carbonyl (C=O) groups is 2. The number of aliphatic hydroxyl groups is 2. The van der Waals surface area contributed by atoms with E-state index in [-0.39, 0.29) is 57.5 Å². The molecule has 322 valence electrons. The number of ether oxygens (including phenoxy) is 2. The molecular formula is C42H50F6N4O6S. The van der Waals surface area contributed by atoms with Crippen molar-refractivity contribution in [3.05, 3.63) is 69.4 Å². The minimum Gasteiger partial charge on any atom is -0.498 e. The first-order chi connectivity index (χ1) is 28.0. The number of thiophene rings is 1. The largest absolute Gasteiger partial charge is 0.498 e. The molecule has 1 saturated carbocycles. The Morgan fingerprint density at radius 2 is 1.78 bits per heavy atom. The summed E-state index contributed by atoms with van der Waals surface area (Å²) >= 11 is 0.377. The zero-order valence-electron chi connectivity index (χ0n) is 32.9. The molecule has 2 N–H and O–H groups in total. The van der Waals surface area contributed by atoms with Crippen molar-refractivity contribution in [2.45, 2.75) is 127 Å². The van der Waals surface area contributed by atoms with Gasteiger partial charge in [0.2, 0.25) is 5.60 Å². The van der Waals surface area contributed by atoms with Crippen molar-refractivity contribution >= 4 is 23.2 Å². The Kier molecular flexibility index (Phi) is 13.4. The van der Waals surface area contributed by atoms with Gasteiger partial charge in [0.15, 0.2) is 6.29 Å². The van der Waals surface area contributed by atoms with Gasteiger partial charge in [-0.05, 0) is 63.9 Å².